The zero-order valence-electron chi connectivity index (χ0n) is 19.3. The summed E-state index contributed by atoms with van der Waals surface area (Å²) < 4.78 is 5.54. The number of carbonyl (C=O) groups is 2. The van der Waals surface area contributed by atoms with Gasteiger partial charge in [-0.1, -0.05) is 38.0 Å². The number of hydrogen-bond acceptors (Lipinski definition) is 6. The van der Waals surface area contributed by atoms with Crippen molar-refractivity contribution in [3.8, 4) is 11.6 Å². The van der Waals surface area contributed by atoms with E-state index in [4.69, 9.17) is 4.42 Å². The van der Waals surface area contributed by atoms with E-state index < -0.39 is 6.04 Å². The second-order valence-corrected chi connectivity index (χ2v) is 8.52. The third-order valence-corrected chi connectivity index (χ3v) is 6.04. The third kappa shape index (κ3) is 5.13. The van der Waals surface area contributed by atoms with Crippen LogP contribution in [0, 0.1) is 13.8 Å². The lowest BCUT2D eigenvalue weighted by Gasteiger charge is -2.32. The van der Waals surface area contributed by atoms with Gasteiger partial charge in [0, 0.05) is 11.7 Å². The summed E-state index contributed by atoms with van der Waals surface area (Å²) in [5.74, 6) is 1.13. The van der Waals surface area contributed by atoms with Crippen LogP contribution in [0.1, 0.15) is 50.4 Å². The molecule has 33 heavy (non-hydrogen) atoms. The van der Waals surface area contributed by atoms with Crippen molar-refractivity contribution >= 4 is 17.5 Å². The lowest BCUT2D eigenvalue weighted by atomic mass is 10.1. The Balaban J connectivity index is 1.58. The van der Waals surface area contributed by atoms with E-state index in [9.17, 15) is 9.59 Å². The molecular weight excluding hydrogens is 420 g/mol. The number of aromatic nitrogens is 4. The molecule has 0 spiro atoms. The average molecular weight is 451 g/mol. The van der Waals surface area contributed by atoms with Gasteiger partial charge in [-0.25, -0.2) is 0 Å². The number of hydrogen-bond donors (Lipinski definition) is 1. The lowest BCUT2D eigenvalue weighted by Crippen LogP contribution is -2.52. The molecule has 0 radical (unpaired) electrons. The van der Waals surface area contributed by atoms with Crippen LogP contribution in [0.15, 0.2) is 40.8 Å². The molecule has 9 nitrogen and oxygen atoms in total. The summed E-state index contributed by atoms with van der Waals surface area (Å²) >= 11 is 0. The summed E-state index contributed by atoms with van der Waals surface area (Å²) in [7, 11) is 0. The second-order valence-electron chi connectivity index (χ2n) is 8.52. The summed E-state index contributed by atoms with van der Waals surface area (Å²) in [6, 6.07) is 10.7. The molecule has 174 valence electrons. The molecule has 0 bridgehead atoms. The van der Waals surface area contributed by atoms with Crippen molar-refractivity contribution in [2.75, 3.05) is 4.90 Å². The van der Waals surface area contributed by atoms with Gasteiger partial charge in [-0.05, 0) is 62.1 Å². The maximum atomic E-state index is 13.6. The van der Waals surface area contributed by atoms with E-state index in [0.717, 1.165) is 37.0 Å². The van der Waals surface area contributed by atoms with E-state index in [0.29, 0.717) is 23.7 Å². The first kappa shape index (κ1) is 22.7. The molecule has 1 N–H and O–H groups in total. The maximum absolute atomic E-state index is 13.6. The smallest absolute Gasteiger partial charge is 0.251 e. The van der Waals surface area contributed by atoms with Crippen molar-refractivity contribution in [2.24, 2.45) is 0 Å². The van der Waals surface area contributed by atoms with Crippen molar-refractivity contribution in [1.82, 2.24) is 25.5 Å². The highest BCUT2D eigenvalue weighted by atomic mass is 16.3. The largest absolute Gasteiger partial charge is 0.458 e. The normalized spacial score (nSPS) is 14.9. The number of anilines is 1. The van der Waals surface area contributed by atoms with Crippen LogP contribution >= 0.6 is 0 Å². The summed E-state index contributed by atoms with van der Waals surface area (Å²) in [5.41, 5.74) is 1.62. The molecule has 0 aliphatic heterocycles. The topological polar surface area (TPSA) is 106 Å². The monoisotopic (exact) mass is 450 g/mol. The van der Waals surface area contributed by atoms with Crippen LogP contribution in [0.25, 0.3) is 11.6 Å². The van der Waals surface area contributed by atoms with Crippen molar-refractivity contribution in [3.63, 3.8) is 0 Å². The van der Waals surface area contributed by atoms with Gasteiger partial charge >= 0.3 is 0 Å². The molecule has 2 aromatic heterocycles. The predicted molar refractivity (Wildman–Crippen MR) is 123 cm³/mol. The first-order valence-corrected chi connectivity index (χ1v) is 11.5. The summed E-state index contributed by atoms with van der Waals surface area (Å²) in [4.78, 5) is 29.6. The minimum absolute atomic E-state index is 0.126. The van der Waals surface area contributed by atoms with E-state index in [2.05, 4.69) is 20.7 Å². The molecule has 0 unspecified atom stereocenters. The highest BCUT2D eigenvalue weighted by Gasteiger charge is 2.32. The molecule has 1 fully saturated rings. The molecule has 2 heterocycles. The number of carbonyl (C=O) groups excluding carboxylic acids is 2. The molecule has 2 amide bonds. The molecule has 3 aromatic rings. The Morgan fingerprint density at radius 2 is 1.94 bits per heavy atom. The molecule has 4 rings (SSSR count). The van der Waals surface area contributed by atoms with Crippen LogP contribution in [0.2, 0.25) is 0 Å². The highest BCUT2D eigenvalue weighted by Crippen LogP contribution is 2.25. The van der Waals surface area contributed by atoms with E-state index in [1.165, 1.54) is 4.80 Å². The number of aryl methyl sites for hydroxylation is 2. The minimum atomic E-state index is -0.630. The van der Waals surface area contributed by atoms with E-state index in [1.807, 2.05) is 51.1 Å². The molecule has 1 atom stereocenters. The number of benzene rings is 1. The van der Waals surface area contributed by atoms with Crippen LogP contribution in [0.3, 0.4) is 0 Å². The fraction of sp³-hybridized carbons (Fsp3) is 0.458. The molecule has 1 aromatic carbocycles. The van der Waals surface area contributed by atoms with Gasteiger partial charge in [0.25, 0.3) is 5.91 Å². The fourth-order valence-electron chi connectivity index (χ4n) is 4.32. The standard InChI is InChI=1S/C24H30N6O3/c1-4-19(24(32)25-18-10-6-7-11-18)30(20-12-8-5-9-16(20)2)22(31)15-29-27-23(26-28-29)21-14-13-17(3)33-21/h5,8-9,12-14,18-19H,4,6-7,10-11,15H2,1-3H3,(H,25,32)/t19-/m0/s1. The van der Waals surface area contributed by atoms with E-state index >= 15 is 0 Å². The fourth-order valence-corrected chi connectivity index (χ4v) is 4.32. The number of amides is 2. The Hall–Kier alpha value is -3.49. The summed E-state index contributed by atoms with van der Waals surface area (Å²) in [6.07, 6.45) is 4.70. The van der Waals surface area contributed by atoms with Gasteiger partial charge in [-0.2, -0.15) is 4.80 Å². The predicted octanol–water partition coefficient (Wildman–Crippen LogP) is 3.42. The van der Waals surface area contributed by atoms with Crippen molar-refractivity contribution in [2.45, 2.75) is 71.5 Å². The van der Waals surface area contributed by atoms with Gasteiger partial charge in [0.05, 0.1) is 0 Å². The second kappa shape index (κ2) is 9.97. The van der Waals surface area contributed by atoms with E-state index in [-0.39, 0.29) is 24.4 Å². The molecule has 0 saturated heterocycles. The average Bonchev–Trinajstić information content (AvgIpc) is 3.55. The zero-order chi connectivity index (χ0) is 23.4. The van der Waals surface area contributed by atoms with Crippen molar-refractivity contribution in [1.29, 1.82) is 0 Å². The van der Waals surface area contributed by atoms with Crippen LogP contribution in [-0.4, -0.2) is 44.1 Å². The van der Waals surface area contributed by atoms with Crippen LogP contribution in [-0.2, 0) is 16.1 Å². The minimum Gasteiger partial charge on any atom is -0.458 e. The van der Waals surface area contributed by atoms with E-state index in [1.54, 1.807) is 11.0 Å². The maximum Gasteiger partial charge on any atom is 0.251 e. The number of furan rings is 1. The van der Waals surface area contributed by atoms with Crippen molar-refractivity contribution in [3.05, 3.63) is 47.7 Å². The number of rotatable bonds is 8. The van der Waals surface area contributed by atoms with Crippen LogP contribution < -0.4 is 10.2 Å². The lowest BCUT2D eigenvalue weighted by molar-refractivity contribution is -0.127. The zero-order valence-corrected chi connectivity index (χ0v) is 19.3. The summed E-state index contributed by atoms with van der Waals surface area (Å²) in [5, 5.41) is 15.5. The Labute approximate surface area is 193 Å². The molecule has 9 heteroatoms. The quantitative estimate of drug-likeness (QED) is 0.564. The Kier molecular flexibility index (Phi) is 6.86. The van der Waals surface area contributed by atoms with Gasteiger partial charge in [0.1, 0.15) is 18.3 Å². The van der Waals surface area contributed by atoms with Crippen LogP contribution in [0.5, 0.6) is 0 Å². The first-order chi connectivity index (χ1) is 16.0. The van der Waals surface area contributed by atoms with Crippen molar-refractivity contribution < 1.29 is 14.0 Å². The van der Waals surface area contributed by atoms with Gasteiger partial charge < -0.3 is 9.73 Å². The van der Waals surface area contributed by atoms with Gasteiger partial charge in [0.15, 0.2) is 5.76 Å². The number of para-hydroxylation sites is 1. The van der Waals surface area contributed by atoms with Gasteiger partial charge in [0.2, 0.25) is 11.7 Å². The van der Waals surface area contributed by atoms with Gasteiger partial charge in [-0.3, -0.25) is 14.5 Å². The van der Waals surface area contributed by atoms with Crippen LogP contribution in [0.4, 0.5) is 5.69 Å². The SMILES string of the molecule is CC[C@@H](C(=O)NC1CCCC1)N(C(=O)Cn1nnc(-c2ccc(C)o2)n1)c1ccccc1C. The Bertz CT molecular complexity index is 1110. The number of nitrogens with zero attached hydrogens (tertiary/aromatic N) is 5. The first-order valence-electron chi connectivity index (χ1n) is 11.5. The number of nitrogens with one attached hydrogen (secondary N) is 1. The Morgan fingerprint density at radius 3 is 2.61 bits per heavy atom. The Morgan fingerprint density at radius 1 is 1.18 bits per heavy atom. The molecule has 1 saturated carbocycles. The highest BCUT2D eigenvalue weighted by molar-refractivity contribution is 6.01. The summed E-state index contributed by atoms with van der Waals surface area (Å²) in [6.45, 7) is 5.54. The molecular formula is C24H30N6O3. The number of tetrazole rings is 1. The van der Waals surface area contributed by atoms with Gasteiger partial charge in [-0.15, -0.1) is 10.2 Å². The molecule has 1 aliphatic rings. The third-order valence-electron chi connectivity index (χ3n) is 6.04. The molecule has 1 aliphatic carbocycles.